The number of hydrogen-bond donors (Lipinski definition) is 1. The van der Waals surface area contributed by atoms with Gasteiger partial charge in [-0.3, -0.25) is 0 Å². The first-order valence-electron chi connectivity index (χ1n) is 6.64. The molecular weight excluding hydrogens is 247 g/mol. The van der Waals surface area contributed by atoms with Crippen LogP contribution in [0.4, 0.5) is 4.39 Å². The van der Waals surface area contributed by atoms with Gasteiger partial charge in [0.15, 0.2) is 11.6 Å². The Morgan fingerprint density at radius 2 is 2.00 bits per heavy atom. The van der Waals surface area contributed by atoms with E-state index in [-0.39, 0.29) is 17.7 Å². The van der Waals surface area contributed by atoms with Crippen molar-refractivity contribution in [3.05, 3.63) is 29.6 Å². The van der Waals surface area contributed by atoms with Gasteiger partial charge in [-0.25, -0.2) is 4.39 Å². The quantitative estimate of drug-likeness (QED) is 0.912. The zero-order chi connectivity index (χ0) is 13.9. The smallest absolute Gasteiger partial charge is 0.168 e. The third-order valence-corrected chi connectivity index (χ3v) is 3.98. The Labute approximate surface area is 113 Å². The molecule has 2 rings (SSSR count). The second kappa shape index (κ2) is 5.88. The summed E-state index contributed by atoms with van der Waals surface area (Å²) in [5, 5.41) is 10.6. The molecule has 0 amide bonds. The molecule has 0 radical (unpaired) electrons. The van der Waals surface area contributed by atoms with Crippen LogP contribution in [0.3, 0.4) is 0 Å². The van der Waals surface area contributed by atoms with Crippen LogP contribution in [0, 0.1) is 5.82 Å². The minimum Gasteiger partial charge on any atom is -0.494 e. The van der Waals surface area contributed by atoms with Crippen LogP contribution in [-0.4, -0.2) is 31.0 Å². The summed E-state index contributed by atoms with van der Waals surface area (Å²) in [5.41, 5.74) is -0.319. The highest BCUT2D eigenvalue weighted by Gasteiger charge is 2.34. The Kier molecular flexibility index (Phi) is 4.42. The number of methoxy groups -OCH3 is 2. The Bertz CT molecular complexity index is 425. The molecule has 0 saturated heterocycles. The van der Waals surface area contributed by atoms with Crippen molar-refractivity contribution in [3.8, 4) is 5.75 Å². The molecule has 1 saturated carbocycles. The standard InChI is InChI=1S/C15H21FO3/c1-18-12-6-8-15(17,9-7-12)10-11-4-3-5-13(19-2)14(11)16/h3-5,12,17H,6-10H2,1-2H3. The van der Waals surface area contributed by atoms with E-state index in [2.05, 4.69) is 0 Å². The second-order valence-corrected chi connectivity index (χ2v) is 5.27. The van der Waals surface area contributed by atoms with Gasteiger partial charge < -0.3 is 14.6 Å². The highest BCUT2D eigenvalue weighted by molar-refractivity contribution is 5.32. The van der Waals surface area contributed by atoms with Crippen molar-refractivity contribution in [2.24, 2.45) is 0 Å². The summed E-state index contributed by atoms with van der Waals surface area (Å²) in [5.74, 6) is -0.140. The van der Waals surface area contributed by atoms with Gasteiger partial charge >= 0.3 is 0 Å². The molecule has 3 nitrogen and oxygen atoms in total. The topological polar surface area (TPSA) is 38.7 Å². The molecule has 0 aromatic heterocycles. The largest absolute Gasteiger partial charge is 0.494 e. The van der Waals surface area contributed by atoms with Crippen LogP contribution in [0.5, 0.6) is 5.75 Å². The number of halogens is 1. The molecule has 1 aromatic carbocycles. The molecule has 4 heteroatoms. The number of rotatable bonds is 4. The van der Waals surface area contributed by atoms with Gasteiger partial charge in [-0.2, -0.15) is 0 Å². The van der Waals surface area contributed by atoms with Gasteiger partial charge in [0, 0.05) is 13.5 Å². The fourth-order valence-corrected chi connectivity index (χ4v) is 2.75. The molecule has 0 heterocycles. The Hall–Kier alpha value is -1.13. The molecule has 1 aromatic rings. The van der Waals surface area contributed by atoms with Crippen LogP contribution >= 0.6 is 0 Å². The van der Waals surface area contributed by atoms with E-state index < -0.39 is 5.60 Å². The lowest BCUT2D eigenvalue weighted by Crippen LogP contribution is -2.38. The number of benzene rings is 1. The van der Waals surface area contributed by atoms with Gasteiger partial charge in [-0.1, -0.05) is 12.1 Å². The number of hydrogen-bond acceptors (Lipinski definition) is 3. The second-order valence-electron chi connectivity index (χ2n) is 5.27. The zero-order valence-electron chi connectivity index (χ0n) is 11.5. The first-order chi connectivity index (χ1) is 9.08. The van der Waals surface area contributed by atoms with Crippen LogP contribution in [0.1, 0.15) is 31.2 Å². The molecule has 0 unspecified atom stereocenters. The lowest BCUT2D eigenvalue weighted by molar-refractivity contribution is -0.0431. The van der Waals surface area contributed by atoms with Crippen LogP contribution < -0.4 is 4.74 Å². The molecule has 1 aliphatic rings. The predicted octanol–water partition coefficient (Wildman–Crippen LogP) is 2.70. The lowest BCUT2D eigenvalue weighted by atomic mass is 9.79. The summed E-state index contributed by atoms with van der Waals surface area (Å²) >= 11 is 0. The first kappa shape index (κ1) is 14.3. The summed E-state index contributed by atoms with van der Waals surface area (Å²) in [6.07, 6.45) is 3.46. The maximum Gasteiger partial charge on any atom is 0.168 e. The molecule has 0 atom stereocenters. The molecule has 1 fully saturated rings. The van der Waals surface area contributed by atoms with Crippen molar-refractivity contribution >= 4 is 0 Å². The summed E-state index contributed by atoms with van der Waals surface area (Å²) in [7, 11) is 3.14. The Balaban J connectivity index is 2.09. The van der Waals surface area contributed by atoms with E-state index in [9.17, 15) is 9.50 Å². The first-order valence-corrected chi connectivity index (χ1v) is 6.64. The average Bonchev–Trinajstić information content (AvgIpc) is 2.42. The van der Waals surface area contributed by atoms with Crippen molar-refractivity contribution < 1.29 is 19.0 Å². The van der Waals surface area contributed by atoms with E-state index in [1.807, 2.05) is 0 Å². The fraction of sp³-hybridized carbons (Fsp3) is 0.600. The van der Waals surface area contributed by atoms with Gasteiger partial charge in [0.05, 0.1) is 18.8 Å². The SMILES string of the molecule is COc1cccc(CC2(O)CCC(OC)CC2)c1F. The van der Waals surface area contributed by atoms with Crippen molar-refractivity contribution in [2.45, 2.75) is 43.8 Å². The maximum absolute atomic E-state index is 14.1. The van der Waals surface area contributed by atoms with Gasteiger partial charge in [-0.05, 0) is 37.3 Å². The van der Waals surface area contributed by atoms with Gasteiger partial charge in [0.1, 0.15) is 0 Å². The highest BCUT2D eigenvalue weighted by atomic mass is 19.1. The van der Waals surface area contributed by atoms with E-state index >= 15 is 0 Å². The third-order valence-electron chi connectivity index (χ3n) is 3.98. The van der Waals surface area contributed by atoms with E-state index in [0.717, 1.165) is 12.8 Å². The summed E-state index contributed by atoms with van der Waals surface area (Å²) in [4.78, 5) is 0. The average molecular weight is 268 g/mol. The zero-order valence-corrected chi connectivity index (χ0v) is 11.5. The van der Waals surface area contributed by atoms with E-state index in [1.54, 1.807) is 25.3 Å². The van der Waals surface area contributed by atoms with Crippen LogP contribution in [0.15, 0.2) is 18.2 Å². The van der Waals surface area contributed by atoms with E-state index in [4.69, 9.17) is 9.47 Å². The third kappa shape index (κ3) is 3.25. The monoisotopic (exact) mass is 268 g/mol. The molecule has 1 aliphatic carbocycles. The minimum absolute atomic E-state index is 0.218. The van der Waals surface area contributed by atoms with Crippen molar-refractivity contribution in [1.82, 2.24) is 0 Å². The molecule has 106 valence electrons. The van der Waals surface area contributed by atoms with Gasteiger partial charge in [0.25, 0.3) is 0 Å². The molecule has 0 aliphatic heterocycles. The van der Waals surface area contributed by atoms with Crippen LogP contribution in [0.25, 0.3) is 0 Å². The summed E-state index contributed by atoms with van der Waals surface area (Å²) < 4.78 is 24.3. The molecule has 1 N–H and O–H groups in total. The normalized spacial score (nSPS) is 27.3. The van der Waals surface area contributed by atoms with Crippen LogP contribution in [-0.2, 0) is 11.2 Å². The number of aliphatic hydroxyl groups is 1. The summed E-state index contributed by atoms with van der Waals surface area (Å²) in [6, 6.07) is 5.05. The molecule has 19 heavy (non-hydrogen) atoms. The van der Waals surface area contributed by atoms with Crippen molar-refractivity contribution in [3.63, 3.8) is 0 Å². The molecular formula is C15H21FO3. The van der Waals surface area contributed by atoms with E-state index in [0.29, 0.717) is 24.8 Å². The Morgan fingerprint density at radius 3 is 2.58 bits per heavy atom. The van der Waals surface area contributed by atoms with Gasteiger partial charge in [0.2, 0.25) is 0 Å². The maximum atomic E-state index is 14.1. The summed E-state index contributed by atoms with van der Waals surface area (Å²) in [6.45, 7) is 0. The lowest BCUT2D eigenvalue weighted by Gasteiger charge is -2.35. The Morgan fingerprint density at radius 1 is 1.32 bits per heavy atom. The van der Waals surface area contributed by atoms with Crippen molar-refractivity contribution in [2.75, 3.05) is 14.2 Å². The predicted molar refractivity (Wildman–Crippen MR) is 70.9 cm³/mol. The number of ether oxygens (including phenoxy) is 2. The molecule has 0 spiro atoms. The van der Waals surface area contributed by atoms with Gasteiger partial charge in [-0.15, -0.1) is 0 Å². The highest BCUT2D eigenvalue weighted by Crippen LogP contribution is 2.34. The fourth-order valence-electron chi connectivity index (χ4n) is 2.75. The van der Waals surface area contributed by atoms with Crippen molar-refractivity contribution in [1.29, 1.82) is 0 Å². The van der Waals surface area contributed by atoms with E-state index in [1.165, 1.54) is 7.11 Å². The van der Waals surface area contributed by atoms with Crippen LogP contribution in [0.2, 0.25) is 0 Å². The molecule has 0 bridgehead atoms. The minimum atomic E-state index is -0.831.